The topological polar surface area (TPSA) is 69.4 Å². The Kier molecular flexibility index (Phi) is 6.57. The number of carbonyl (C=O) groups is 1. The number of thioether (sulfide) groups is 1. The molecule has 2 aromatic carbocycles. The molecular weight excluding hydrogens is 394 g/mol. The number of hydrogen-bond acceptors (Lipinski definition) is 5. The number of hydrogen-bond donors (Lipinski definition) is 0. The van der Waals surface area contributed by atoms with Gasteiger partial charge in [-0.1, -0.05) is 23.9 Å². The fraction of sp³-hybridized carbons (Fsp3) is 0.118. The fourth-order valence-corrected chi connectivity index (χ4v) is 3.24. The van der Waals surface area contributed by atoms with Gasteiger partial charge in [0.1, 0.15) is 0 Å². The van der Waals surface area contributed by atoms with E-state index >= 15 is 0 Å². The van der Waals surface area contributed by atoms with Gasteiger partial charge >= 0.3 is 5.97 Å². The van der Waals surface area contributed by atoms with Gasteiger partial charge in [-0.2, -0.15) is 0 Å². The lowest BCUT2D eigenvalue weighted by Gasteiger charge is -2.08. The van der Waals surface area contributed by atoms with Crippen molar-refractivity contribution in [2.24, 2.45) is 0 Å². The van der Waals surface area contributed by atoms with Gasteiger partial charge in [-0.3, -0.25) is 10.1 Å². The molecule has 0 aromatic heterocycles. The number of nitro benzene ring substituents is 1. The van der Waals surface area contributed by atoms with E-state index in [4.69, 9.17) is 4.74 Å². The summed E-state index contributed by atoms with van der Waals surface area (Å²) < 4.78 is 5.97. The number of nitrogens with zero attached hydrogens (tertiary/aromatic N) is 1. The van der Waals surface area contributed by atoms with Gasteiger partial charge in [0.15, 0.2) is 0 Å². The first-order valence-electron chi connectivity index (χ1n) is 7.07. The lowest BCUT2D eigenvalue weighted by atomic mass is 10.2. The minimum atomic E-state index is -0.463. The summed E-state index contributed by atoms with van der Waals surface area (Å²) in [5.74, 6) is -0.434. The van der Waals surface area contributed by atoms with Crippen LogP contribution < -0.4 is 0 Å². The molecule has 0 unspecified atom stereocenters. The van der Waals surface area contributed by atoms with E-state index in [-0.39, 0.29) is 12.3 Å². The van der Waals surface area contributed by atoms with Crippen molar-refractivity contribution < 1.29 is 14.5 Å². The highest BCUT2D eigenvalue weighted by molar-refractivity contribution is 9.10. The number of ether oxygens (including phenoxy) is 1. The molecule has 0 aliphatic carbocycles. The Morgan fingerprint density at radius 2 is 1.92 bits per heavy atom. The summed E-state index contributed by atoms with van der Waals surface area (Å²) in [6.45, 7) is 2.01. The molecule has 0 spiro atoms. The zero-order valence-electron chi connectivity index (χ0n) is 12.8. The molecule has 0 aliphatic heterocycles. The number of esters is 1. The van der Waals surface area contributed by atoms with Crippen molar-refractivity contribution in [2.45, 2.75) is 11.8 Å². The second kappa shape index (κ2) is 8.65. The highest BCUT2D eigenvalue weighted by Gasteiger charge is 2.14. The molecule has 7 heteroatoms. The van der Waals surface area contributed by atoms with Gasteiger partial charge in [0.2, 0.25) is 0 Å². The fourth-order valence-electron chi connectivity index (χ4n) is 1.82. The Hall–Kier alpha value is -2.12. The Morgan fingerprint density at radius 1 is 1.25 bits per heavy atom. The quantitative estimate of drug-likeness (QED) is 0.220. The van der Waals surface area contributed by atoms with Gasteiger partial charge in [-0.15, -0.1) is 0 Å². The molecular formula is C17H14BrNO4S. The number of non-ortho nitro benzene ring substituents is 1. The maximum absolute atomic E-state index is 12.2. The second-order valence-corrected chi connectivity index (χ2v) is 6.55. The first kappa shape index (κ1) is 18.2. The van der Waals surface area contributed by atoms with Crippen LogP contribution in [0.5, 0.6) is 0 Å². The van der Waals surface area contributed by atoms with Crippen LogP contribution in [0.15, 0.2) is 62.8 Å². The summed E-state index contributed by atoms with van der Waals surface area (Å²) in [5.41, 5.74) is 0.687. The molecule has 0 saturated heterocycles. The first-order chi connectivity index (χ1) is 11.5. The van der Waals surface area contributed by atoms with Crippen molar-refractivity contribution in [3.8, 4) is 0 Å². The van der Waals surface area contributed by atoms with Crippen molar-refractivity contribution in [3.63, 3.8) is 0 Å². The van der Waals surface area contributed by atoms with Gasteiger partial charge in [-0.05, 0) is 58.8 Å². The highest BCUT2D eigenvalue weighted by Crippen LogP contribution is 2.34. The minimum absolute atomic E-state index is 0.00305. The van der Waals surface area contributed by atoms with Gasteiger partial charge < -0.3 is 4.74 Å². The third kappa shape index (κ3) is 4.94. The van der Waals surface area contributed by atoms with Gasteiger partial charge in [0.25, 0.3) is 5.69 Å². The van der Waals surface area contributed by atoms with Crippen LogP contribution in [0.4, 0.5) is 5.69 Å². The van der Waals surface area contributed by atoms with E-state index in [1.165, 1.54) is 23.9 Å². The second-order valence-electron chi connectivity index (χ2n) is 4.61. The third-order valence-corrected chi connectivity index (χ3v) is 4.97. The van der Waals surface area contributed by atoms with Crippen molar-refractivity contribution in [1.82, 2.24) is 0 Å². The molecule has 0 N–H and O–H groups in total. The average Bonchev–Trinajstić information content (AvgIpc) is 2.57. The first-order valence-corrected chi connectivity index (χ1v) is 8.68. The summed E-state index contributed by atoms with van der Waals surface area (Å²) in [6.07, 6.45) is 1.66. The molecule has 0 heterocycles. The molecule has 2 rings (SSSR count). The molecule has 2 aromatic rings. The predicted molar refractivity (Wildman–Crippen MR) is 97.7 cm³/mol. The maximum atomic E-state index is 12.2. The molecule has 24 heavy (non-hydrogen) atoms. The van der Waals surface area contributed by atoms with E-state index in [1.807, 2.05) is 24.3 Å². The Balaban J connectivity index is 2.33. The molecule has 124 valence electrons. The Morgan fingerprint density at radius 3 is 2.50 bits per heavy atom. The molecule has 0 saturated carbocycles. The largest absolute Gasteiger partial charge is 0.462 e. The predicted octanol–water partition coefficient (Wildman–Crippen LogP) is 5.05. The van der Waals surface area contributed by atoms with E-state index in [1.54, 1.807) is 25.1 Å². The number of nitro groups is 1. The number of benzene rings is 2. The highest BCUT2D eigenvalue weighted by atomic mass is 79.9. The molecule has 0 amide bonds. The van der Waals surface area contributed by atoms with E-state index < -0.39 is 10.9 Å². The summed E-state index contributed by atoms with van der Waals surface area (Å²) in [4.78, 5) is 23.7. The molecule has 0 bridgehead atoms. The van der Waals surface area contributed by atoms with Gasteiger partial charge in [0, 0.05) is 21.5 Å². The van der Waals surface area contributed by atoms with Gasteiger partial charge in [-0.25, -0.2) is 4.79 Å². The van der Waals surface area contributed by atoms with Gasteiger partial charge in [0.05, 0.1) is 16.4 Å². The van der Waals surface area contributed by atoms with Crippen LogP contribution in [0.25, 0.3) is 6.08 Å². The summed E-state index contributed by atoms with van der Waals surface area (Å²) >= 11 is 4.72. The lowest BCUT2D eigenvalue weighted by molar-refractivity contribution is -0.384. The van der Waals surface area contributed by atoms with Crippen LogP contribution in [0.1, 0.15) is 12.5 Å². The molecule has 5 nitrogen and oxygen atoms in total. The zero-order valence-corrected chi connectivity index (χ0v) is 15.2. The molecule has 0 atom stereocenters. The van der Waals surface area contributed by atoms with Crippen molar-refractivity contribution in [2.75, 3.05) is 6.61 Å². The van der Waals surface area contributed by atoms with E-state index in [0.29, 0.717) is 10.5 Å². The summed E-state index contributed by atoms with van der Waals surface area (Å²) in [6, 6.07) is 13.5. The molecule has 0 radical (unpaired) electrons. The number of halogens is 1. The average molecular weight is 408 g/mol. The Bertz CT molecular complexity index is 774. The summed E-state index contributed by atoms with van der Waals surface area (Å²) in [7, 11) is 0. The maximum Gasteiger partial charge on any atom is 0.344 e. The van der Waals surface area contributed by atoms with Crippen LogP contribution in [0, 0.1) is 10.1 Å². The van der Waals surface area contributed by atoms with Crippen LogP contribution >= 0.6 is 27.7 Å². The Labute approximate surface area is 152 Å². The number of carbonyl (C=O) groups excluding carboxylic acids is 1. The monoisotopic (exact) mass is 407 g/mol. The SMILES string of the molecule is CCOC(=O)/C(=C/c1ccc([N+](=O)[O-])cc1)Sc1ccccc1Br. The normalized spacial score (nSPS) is 11.2. The van der Waals surface area contributed by atoms with Crippen molar-refractivity contribution in [3.05, 3.63) is 73.6 Å². The van der Waals surface area contributed by atoms with E-state index in [0.717, 1.165) is 9.37 Å². The molecule has 0 fully saturated rings. The van der Waals surface area contributed by atoms with E-state index in [2.05, 4.69) is 15.9 Å². The minimum Gasteiger partial charge on any atom is -0.462 e. The van der Waals surface area contributed by atoms with Crippen LogP contribution in [-0.2, 0) is 9.53 Å². The smallest absolute Gasteiger partial charge is 0.344 e. The van der Waals surface area contributed by atoms with Crippen LogP contribution in [-0.4, -0.2) is 17.5 Å². The lowest BCUT2D eigenvalue weighted by Crippen LogP contribution is -2.05. The van der Waals surface area contributed by atoms with Crippen LogP contribution in [0.2, 0.25) is 0 Å². The van der Waals surface area contributed by atoms with Crippen LogP contribution in [0.3, 0.4) is 0 Å². The van der Waals surface area contributed by atoms with Crippen molar-refractivity contribution >= 4 is 45.4 Å². The number of rotatable bonds is 6. The molecule has 0 aliphatic rings. The standard InChI is InChI=1S/C17H14BrNO4S/c1-2-23-17(20)16(24-15-6-4-3-5-14(15)18)11-12-7-9-13(10-8-12)19(21)22/h3-11H,2H2,1H3/b16-11-. The van der Waals surface area contributed by atoms with E-state index in [9.17, 15) is 14.9 Å². The third-order valence-electron chi connectivity index (χ3n) is 2.93. The summed E-state index contributed by atoms with van der Waals surface area (Å²) in [5, 5.41) is 10.7. The van der Waals surface area contributed by atoms with Crippen molar-refractivity contribution in [1.29, 1.82) is 0 Å². The zero-order chi connectivity index (χ0) is 17.5.